The third kappa shape index (κ3) is 1.71. The standard InChI is InChI=1S/C14H13NO2S/c1-9-2-4-10(5-3-9)18(16)14-11(8-15)12-6-7-13(14)17-12/h2-7,11-14H,1H3/t11-,12+,13-,14-,18-/m0/s1. The Balaban J connectivity index is 1.91. The Morgan fingerprint density at radius 2 is 1.89 bits per heavy atom. The topological polar surface area (TPSA) is 50.1 Å². The summed E-state index contributed by atoms with van der Waals surface area (Å²) >= 11 is 0. The van der Waals surface area contributed by atoms with Gasteiger partial charge in [-0.05, 0) is 19.1 Å². The molecule has 3 rings (SSSR count). The molecule has 5 atom stereocenters. The van der Waals surface area contributed by atoms with Crippen LogP contribution in [0.3, 0.4) is 0 Å². The zero-order valence-electron chi connectivity index (χ0n) is 9.95. The molecule has 2 aliphatic rings. The molecular weight excluding hydrogens is 246 g/mol. The number of hydrogen-bond acceptors (Lipinski definition) is 3. The summed E-state index contributed by atoms with van der Waals surface area (Å²) in [5, 5.41) is 8.96. The molecule has 0 aliphatic carbocycles. The first-order chi connectivity index (χ1) is 8.70. The van der Waals surface area contributed by atoms with Crippen LogP contribution in [0.1, 0.15) is 5.56 Å². The summed E-state index contributed by atoms with van der Waals surface area (Å²) in [6.45, 7) is 1.99. The van der Waals surface area contributed by atoms with E-state index in [4.69, 9.17) is 4.74 Å². The monoisotopic (exact) mass is 259 g/mol. The predicted octanol–water partition coefficient (Wildman–Crippen LogP) is 1.95. The SMILES string of the molecule is Cc1ccc([S@](=O)[C@H]2[C@@H](C#N)[C@H]3C=C[C@@H]2O3)cc1. The summed E-state index contributed by atoms with van der Waals surface area (Å²) in [7, 11) is -1.20. The van der Waals surface area contributed by atoms with Crippen molar-refractivity contribution < 1.29 is 8.95 Å². The zero-order valence-corrected chi connectivity index (χ0v) is 10.8. The lowest BCUT2D eigenvalue weighted by Gasteiger charge is -2.19. The summed E-state index contributed by atoms with van der Waals surface area (Å²) in [4.78, 5) is 0.774. The summed E-state index contributed by atoms with van der Waals surface area (Å²) in [6, 6.07) is 9.87. The van der Waals surface area contributed by atoms with Crippen molar-refractivity contribution in [1.82, 2.24) is 0 Å². The van der Waals surface area contributed by atoms with Gasteiger partial charge in [-0.2, -0.15) is 5.26 Å². The van der Waals surface area contributed by atoms with Gasteiger partial charge in [-0.25, -0.2) is 0 Å². The lowest BCUT2D eigenvalue weighted by Crippen LogP contribution is -2.32. The van der Waals surface area contributed by atoms with Crippen LogP contribution < -0.4 is 0 Å². The molecule has 1 saturated heterocycles. The van der Waals surface area contributed by atoms with E-state index < -0.39 is 10.8 Å². The van der Waals surface area contributed by atoms with Crippen LogP contribution >= 0.6 is 0 Å². The molecule has 3 nitrogen and oxygen atoms in total. The quantitative estimate of drug-likeness (QED) is 0.763. The molecule has 1 fully saturated rings. The zero-order chi connectivity index (χ0) is 12.7. The number of nitrogens with zero attached hydrogens (tertiary/aromatic N) is 1. The Bertz CT molecular complexity index is 558. The first-order valence-electron chi connectivity index (χ1n) is 5.91. The van der Waals surface area contributed by atoms with Crippen LogP contribution in [0.2, 0.25) is 0 Å². The van der Waals surface area contributed by atoms with Gasteiger partial charge in [-0.3, -0.25) is 4.21 Å². The second-order valence-electron chi connectivity index (χ2n) is 4.68. The highest BCUT2D eigenvalue weighted by molar-refractivity contribution is 7.85. The highest BCUT2D eigenvalue weighted by atomic mass is 32.2. The Hall–Kier alpha value is -1.44. The lowest BCUT2D eigenvalue weighted by molar-refractivity contribution is 0.115. The van der Waals surface area contributed by atoms with Gasteiger partial charge in [0, 0.05) is 4.90 Å². The highest BCUT2D eigenvalue weighted by Crippen LogP contribution is 2.38. The molecule has 18 heavy (non-hydrogen) atoms. The number of aryl methyl sites for hydroxylation is 1. The number of fused-ring (bicyclic) bond motifs is 2. The maximum Gasteiger partial charge on any atom is 0.0936 e. The van der Waals surface area contributed by atoms with Crippen LogP contribution in [0.25, 0.3) is 0 Å². The fraction of sp³-hybridized carbons (Fsp3) is 0.357. The van der Waals surface area contributed by atoms with Gasteiger partial charge in [0.25, 0.3) is 0 Å². The van der Waals surface area contributed by atoms with Crippen LogP contribution in [-0.4, -0.2) is 21.7 Å². The number of benzene rings is 1. The van der Waals surface area contributed by atoms with Gasteiger partial charge in [0.2, 0.25) is 0 Å². The lowest BCUT2D eigenvalue weighted by atomic mass is 9.95. The molecule has 2 heterocycles. The van der Waals surface area contributed by atoms with E-state index in [0.29, 0.717) is 0 Å². The third-order valence-electron chi connectivity index (χ3n) is 3.49. The van der Waals surface area contributed by atoms with Gasteiger partial charge in [0.05, 0.1) is 40.2 Å². The minimum Gasteiger partial charge on any atom is -0.364 e. The fourth-order valence-corrected chi connectivity index (χ4v) is 4.10. The largest absolute Gasteiger partial charge is 0.364 e. The molecule has 1 aromatic carbocycles. The van der Waals surface area contributed by atoms with Crippen molar-refractivity contribution in [2.24, 2.45) is 5.92 Å². The van der Waals surface area contributed by atoms with E-state index in [1.54, 1.807) is 0 Å². The molecule has 0 unspecified atom stereocenters. The van der Waals surface area contributed by atoms with Gasteiger partial charge in [-0.1, -0.05) is 29.8 Å². The van der Waals surface area contributed by atoms with Crippen LogP contribution in [0.4, 0.5) is 0 Å². The van der Waals surface area contributed by atoms with E-state index in [-0.39, 0.29) is 23.4 Å². The highest BCUT2D eigenvalue weighted by Gasteiger charge is 2.49. The minimum atomic E-state index is -1.20. The molecule has 2 aliphatic heterocycles. The Kier molecular flexibility index (Phi) is 2.81. The van der Waals surface area contributed by atoms with E-state index in [1.165, 1.54) is 0 Å². The molecule has 0 spiro atoms. The van der Waals surface area contributed by atoms with Crippen LogP contribution in [0, 0.1) is 24.2 Å². The molecule has 0 saturated carbocycles. The Labute approximate surface area is 109 Å². The average Bonchev–Trinajstić information content (AvgIpc) is 2.98. The maximum atomic E-state index is 12.6. The fourth-order valence-electron chi connectivity index (χ4n) is 2.51. The smallest absolute Gasteiger partial charge is 0.0936 e. The molecule has 1 aromatic rings. The maximum absolute atomic E-state index is 12.6. The molecule has 0 radical (unpaired) electrons. The molecule has 0 aromatic heterocycles. The van der Waals surface area contributed by atoms with E-state index in [2.05, 4.69) is 6.07 Å². The van der Waals surface area contributed by atoms with Gasteiger partial charge < -0.3 is 4.74 Å². The summed E-state index contributed by atoms with van der Waals surface area (Å²) in [5.41, 5.74) is 1.14. The molecule has 0 N–H and O–H groups in total. The Morgan fingerprint density at radius 3 is 2.56 bits per heavy atom. The average molecular weight is 259 g/mol. The van der Waals surface area contributed by atoms with E-state index >= 15 is 0 Å². The van der Waals surface area contributed by atoms with E-state index in [0.717, 1.165) is 10.5 Å². The first kappa shape index (κ1) is 11.6. The van der Waals surface area contributed by atoms with Gasteiger partial charge in [-0.15, -0.1) is 0 Å². The molecule has 2 bridgehead atoms. The van der Waals surface area contributed by atoms with Crippen molar-refractivity contribution in [3.63, 3.8) is 0 Å². The number of nitriles is 1. The van der Waals surface area contributed by atoms with Crippen molar-refractivity contribution >= 4 is 10.8 Å². The summed E-state index contributed by atoms with van der Waals surface area (Å²) in [5.74, 6) is -0.304. The van der Waals surface area contributed by atoms with E-state index in [1.807, 2.05) is 43.3 Å². The van der Waals surface area contributed by atoms with Gasteiger partial charge in [0.1, 0.15) is 0 Å². The van der Waals surface area contributed by atoms with Crippen LogP contribution in [0.5, 0.6) is 0 Å². The van der Waals surface area contributed by atoms with Gasteiger partial charge >= 0.3 is 0 Å². The van der Waals surface area contributed by atoms with E-state index in [9.17, 15) is 9.47 Å². The molecular formula is C14H13NO2S. The molecule has 4 heteroatoms. The minimum absolute atomic E-state index is 0.179. The third-order valence-corrected chi connectivity index (χ3v) is 5.28. The second kappa shape index (κ2) is 4.34. The summed E-state index contributed by atoms with van der Waals surface area (Å²) < 4.78 is 18.2. The second-order valence-corrected chi connectivity index (χ2v) is 6.29. The van der Waals surface area contributed by atoms with Crippen LogP contribution in [0.15, 0.2) is 41.3 Å². The van der Waals surface area contributed by atoms with Crippen molar-refractivity contribution in [1.29, 1.82) is 5.26 Å². The van der Waals surface area contributed by atoms with Crippen molar-refractivity contribution in [3.8, 4) is 6.07 Å². The molecule has 92 valence electrons. The van der Waals surface area contributed by atoms with Gasteiger partial charge in [0.15, 0.2) is 0 Å². The summed E-state index contributed by atoms with van der Waals surface area (Å²) in [6.07, 6.45) is 3.47. The number of rotatable bonds is 2. The Morgan fingerprint density at radius 1 is 1.22 bits per heavy atom. The van der Waals surface area contributed by atoms with Crippen molar-refractivity contribution in [2.75, 3.05) is 0 Å². The molecule has 0 amide bonds. The predicted molar refractivity (Wildman–Crippen MR) is 68.3 cm³/mol. The van der Waals surface area contributed by atoms with Crippen molar-refractivity contribution in [3.05, 3.63) is 42.0 Å². The normalized spacial score (nSPS) is 34.4. The number of ether oxygens (including phenoxy) is 1. The number of hydrogen-bond donors (Lipinski definition) is 0. The first-order valence-corrected chi connectivity index (χ1v) is 7.12. The van der Waals surface area contributed by atoms with Crippen LogP contribution in [-0.2, 0) is 15.5 Å². The van der Waals surface area contributed by atoms with Crippen molar-refractivity contribution in [2.45, 2.75) is 29.3 Å².